The number of hydrogen-bond donors (Lipinski definition) is 0. The molecule has 0 fully saturated rings. The van der Waals surface area contributed by atoms with Crippen LogP contribution in [0.25, 0.3) is 0 Å². The smallest absolute Gasteiger partial charge is 0.410 e. The molecule has 0 spiro atoms. The number of ether oxygens (including phenoxy) is 2. The van der Waals surface area contributed by atoms with Crippen molar-refractivity contribution >= 4 is 40.2 Å². The van der Waals surface area contributed by atoms with E-state index >= 15 is 0 Å². The molecule has 0 N–H and O–H groups in total. The molecule has 1 amide bonds. The number of Topliss-reactive ketones (excluding diaryl/α,β-unsaturated/α-hetero) is 1. The van der Waals surface area contributed by atoms with Gasteiger partial charge < -0.3 is 14.4 Å². The number of benzene rings is 1. The molecule has 0 radical (unpaired) electrons. The molecular weight excluding hydrogens is 406 g/mol. The van der Waals surface area contributed by atoms with Crippen LogP contribution in [0.15, 0.2) is 30.3 Å². The highest BCUT2D eigenvalue weighted by atomic mass is 32.2. The topological polar surface area (TPSA) is 55.8 Å². The summed E-state index contributed by atoms with van der Waals surface area (Å²) < 4.78 is 10.8. The van der Waals surface area contributed by atoms with Gasteiger partial charge in [-0.15, -0.1) is 0 Å². The van der Waals surface area contributed by atoms with Crippen LogP contribution in [0.5, 0.6) is 0 Å². The fourth-order valence-electron chi connectivity index (χ4n) is 3.02. The fraction of sp³-hybridized carbons (Fsp3) is 0.591. The van der Waals surface area contributed by atoms with Crippen molar-refractivity contribution in [3.8, 4) is 0 Å². The van der Waals surface area contributed by atoms with E-state index in [1.54, 1.807) is 7.05 Å². The average molecular weight is 440 g/mol. The summed E-state index contributed by atoms with van der Waals surface area (Å²) in [5.41, 5.74) is 0.103. The summed E-state index contributed by atoms with van der Waals surface area (Å²) in [6.07, 6.45) is 0.125. The van der Waals surface area contributed by atoms with Gasteiger partial charge in [0.05, 0.1) is 6.61 Å². The molecular formula is C22H33NO4S2. The number of rotatable bonds is 8. The van der Waals surface area contributed by atoms with Crippen molar-refractivity contribution in [2.75, 3.05) is 20.2 Å². The van der Waals surface area contributed by atoms with E-state index in [4.69, 9.17) is 21.7 Å². The van der Waals surface area contributed by atoms with E-state index in [1.165, 1.54) is 16.7 Å². The minimum absolute atomic E-state index is 0.0691. The maximum absolute atomic E-state index is 12.9. The van der Waals surface area contributed by atoms with E-state index in [0.29, 0.717) is 29.5 Å². The van der Waals surface area contributed by atoms with Gasteiger partial charge >= 0.3 is 6.09 Å². The Morgan fingerprint density at radius 3 is 2.28 bits per heavy atom. The molecule has 162 valence electrons. The molecule has 29 heavy (non-hydrogen) atoms. The molecule has 0 bridgehead atoms. The van der Waals surface area contributed by atoms with Crippen LogP contribution in [0.1, 0.15) is 58.3 Å². The molecule has 7 heteroatoms. The van der Waals surface area contributed by atoms with Crippen molar-refractivity contribution in [1.29, 1.82) is 0 Å². The van der Waals surface area contributed by atoms with Gasteiger partial charge in [-0.1, -0.05) is 49.0 Å². The van der Waals surface area contributed by atoms with Gasteiger partial charge in [-0.2, -0.15) is 0 Å². The van der Waals surface area contributed by atoms with E-state index in [2.05, 4.69) is 0 Å². The minimum atomic E-state index is -0.577. The number of nitrogens with zero attached hydrogens (tertiary/aromatic N) is 1. The second-order valence-corrected chi connectivity index (χ2v) is 10.6. The maximum atomic E-state index is 12.9. The molecule has 0 heterocycles. The van der Waals surface area contributed by atoms with Crippen molar-refractivity contribution in [2.24, 2.45) is 5.92 Å². The Morgan fingerprint density at radius 2 is 1.76 bits per heavy atom. The number of hydrogen-bond acceptors (Lipinski definition) is 6. The van der Waals surface area contributed by atoms with E-state index < -0.39 is 16.4 Å². The molecule has 0 aliphatic rings. The molecule has 0 aliphatic carbocycles. The lowest BCUT2D eigenvalue weighted by Crippen LogP contribution is -2.44. The van der Waals surface area contributed by atoms with Crippen LogP contribution >= 0.6 is 24.0 Å². The van der Waals surface area contributed by atoms with E-state index in [9.17, 15) is 9.59 Å². The zero-order chi connectivity index (χ0) is 22.2. The Bertz CT molecular complexity index is 703. The van der Waals surface area contributed by atoms with Gasteiger partial charge in [0.2, 0.25) is 4.38 Å². The number of amides is 1. The van der Waals surface area contributed by atoms with Crippen LogP contribution in [0.3, 0.4) is 0 Å². The first-order chi connectivity index (χ1) is 13.4. The third-order valence-corrected chi connectivity index (χ3v) is 5.55. The van der Waals surface area contributed by atoms with E-state index in [0.717, 1.165) is 0 Å². The highest BCUT2D eigenvalue weighted by Gasteiger charge is 2.35. The highest BCUT2D eigenvalue weighted by molar-refractivity contribution is 8.23. The lowest BCUT2D eigenvalue weighted by molar-refractivity contribution is 0.0281. The average Bonchev–Trinajstić information content (AvgIpc) is 2.60. The minimum Gasteiger partial charge on any atom is -0.479 e. The standard InChI is InChI=1S/C22H33NO4S2/c1-8-26-20(28)29-22(6,15-23(7)19(25)27-21(3,4)5)14-16(2)18(24)17-12-10-9-11-13-17/h9-13,16H,8,14-15H2,1-7H3. The lowest BCUT2D eigenvalue weighted by atomic mass is 9.89. The lowest BCUT2D eigenvalue weighted by Gasteiger charge is -2.35. The predicted molar refractivity (Wildman–Crippen MR) is 124 cm³/mol. The summed E-state index contributed by atoms with van der Waals surface area (Å²) in [7, 11) is 1.69. The summed E-state index contributed by atoms with van der Waals surface area (Å²) in [6, 6.07) is 9.24. The Labute approximate surface area is 184 Å². The van der Waals surface area contributed by atoms with Crippen molar-refractivity contribution in [3.05, 3.63) is 35.9 Å². The molecule has 0 aliphatic heterocycles. The van der Waals surface area contributed by atoms with Gasteiger partial charge in [0.25, 0.3) is 0 Å². The molecule has 5 nitrogen and oxygen atoms in total. The number of thioether (sulfide) groups is 1. The molecule has 0 saturated carbocycles. The molecule has 0 aromatic heterocycles. The van der Waals surface area contributed by atoms with Crippen LogP contribution in [0.4, 0.5) is 4.79 Å². The largest absolute Gasteiger partial charge is 0.479 e. The number of thiocarbonyl (C=S) groups is 1. The Morgan fingerprint density at radius 1 is 1.17 bits per heavy atom. The normalized spacial score (nSPS) is 14.4. The van der Waals surface area contributed by atoms with Crippen LogP contribution < -0.4 is 0 Å². The third kappa shape index (κ3) is 9.17. The first kappa shape index (κ1) is 25.4. The predicted octanol–water partition coefficient (Wildman–Crippen LogP) is 5.58. The first-order valence-corrected chi connectivity index (χ1v) is 11.0. The number of carbonyl (C=O) groups is 2. The molecule has 1 aromatic carbocycles. The maximum Gasteiger partial charge on any atom is 0.410 e. The molecule has 1 rings (SSSR count). The Balaban J connectivity index is 2.97. The zero-order valence-electron chi connectivity index (χ0n) is 18.5. The zero-order valence-corrected chi connectivity index (χ0v) is 20.1. The van der Waals surface area contributed by atoms with Gasteiger partial charge in [-0.25, -0.2) is 4.79 Å². The molecule has 2 unspecified atom stereocenters. The van der Waals surface area contributed by atoms with Gasteiger partial charge in [0.15, 0.2) is 5.78 Å². The van der Waals surface area contributed by atoms with Gasteiger partial charge in [0.1, 0.15) is 5.60 Å². The Kier molecular flexibility index (Phi) is 9.62. The molecule has 1 aromatic rings. The second kappa shape index (κ2) is 11.0. The quantitative estimate of drug-likeness (QED) is 0.389. The van der Waals surface area contributed by atoms with Gasteiger partial charge in [-0.05, 0) is 53.3 Å². The first-order valence-electron chi connectivity index (χ1n) is 9.76. The summed E-state index contributed by atoms with van der Waals surface area (Å²) in [6.45, 7) is 12.1. The van der Waals surface area contributed by atoms with Crippen LogP contribution in [-0.2, 0) is 9.47 Å². The third-order valence-electron chi connectivity index (χ3n) is 4.11. The number of ketones is 1. The van der Waals surface area contributed by atoms with Crippen LogP contribution in [0, 0.1) is 5.92 Å². The summed E-state index contributed by atoms with van der Waals surface area (Å²) in [4.78, 5) is 26.8. The molecule has 2 atom stereocenters. The summed E-state index contributed by atoms with van der Waals surface area (Å²) in [5.74, 6) is -0.175. The van der Waals surface area contributed by atoms with Crippen LogP contribution in [-0.4, -0.2) is 51.7 Å². The van der Waals surface area contributed by atoms with Gasteiger partial charge in [0, 0.05) is 29.8 Å². The van der Waals surface area contributed by atoms with E-state index in [-0.39, 0.29) is 11.7 Å². The summed E-state index contributed by atoms with van der Waals surface area (Å²) in [5, 5.41) is 0. The van der Waals surface area contributed by atoms with Crippen molar-refractivity contribution in [1.82, 2.24) is 4.90 Å². The fourth-order valence-corrected chi connectivity index (χ4v) is 4.91. The van der Waals surface area contributed by atoms with E-state index in [1.807, 2.05) is 71.9 Å². The van der Waals surface area contributed by atoms with Crippen LogP contribution in [0.2, 0.25) is 0 Å². The highest BCUT2D eigenvalue weighted by Crippen LogP contribution is 2.35. The van der Waals surface area contributed by atoms with Crippen molar-refractivity contribution in [2.45, 2.75) is 58.3 Å². The monoisotopic (exact) mass is 439 g/mol. The Hall–Kier alpha value is -1.60. The molecule has 0 saturated heterocycles. The van der Waals surface area contributed by atoms with Crippen molar-refractivity contribution < 1.29 is 19.1 Å². The number of carbonyl (C=O) groups excluding carboxylic acids is 2. The second-order valence-electron chi connectivity index (χ2n) is 8.41. The van der Waals surface area contributed by atoms with Gasteiger partial charge in [-0.3, -0.25) is 4.79 Å². The van der Waals surface area contributed by atoms with Crippen molar-refractivity contribution in [3.63, 3.8) is 0 Å². The summed E-state index contributed by atoms with van der Waals surface area (Å²) >= 11 is 6.72. The SMILES string of the molecule is CCOC(=S)SC(C)(CC(C)C(=O)c1ccccc1)CN(C)C(=O)OC(C)(C)C.